The predicted octanol–water partition coefficient (Wildman–Crippen LogP) is 4.94. The summed E-state index contributed by atoms with van der Waals surface area (Å²) in [6, 6.07) is 14.1. The number of thiazole rings is 1. The van der Waals surface area contributed by atoms with E-state index in [-0.39, 0.29) is 5.91 Å². The molecule has 3 nitrogen and oxygen atoms in total. The van der Waals surface area contributed by atoms with Gasteiger partial charge in [0.05, 0.1) is 10.7 Å². The van der Waals surface area contributed by atoms with Crippen molar-refractivity contribution >= 4 is 22.9 Å². The molecule has 0 radical (unpaired) electrons. The Labute approximate surface area is 152 Å². The Balaban J connectivity index is 1.69. The smallest absolute Gasteiger partial charge is 0.258 e. The van der Waals surface area contributed by atoms with Crippen LogP contribution in [0.1, 0.15) is 31.4 Å². The van der Waals surface area contributed by atoms with Gasteiger partial charge in [0, 0.05) is 28.2 Å². The van der Waals surface area contributed by atoms with E-state index in [0.717, 1.165) is 46.0 Å². The molecule has 1 aliphatic heterocycles. The van der Waals surface area contributed by atoms with E-state index in [0.29, 0.717) is 0 Å². The number of nitrogens with zero attached hydrogens (tertiary/aromatic N) is 2. The standard InChI is InChI=1S/C21H20N2OS/c1-13-6-4-5-7-18(13)21(24)23-11-10-16-12-17(8-9-19(16)23)20-14(2)25-15(3)22-20/h4-9,12H,10-11H2,1-3H3. The monoisotopic (exact) mass is 348 g/mol. The van der Waals surface area contributed by atoms with Crippen LogP contribution in [-0.4, -0.2) is 17.4 Å². The number of aryl methyl sites for hydroxylation is 3. The average molecular weight is 348 g/mol. The number of hydrogen-bond donors (Lipinski definition) is 0. The number of benzene rings is 2. The summed E-state index contributed by atoms with van der Waals surface area (Å²) in [6.45, 7) is 6.88. The molecule has 0 spiro atoms. The van der Waals surface area contributed by atoms with Crippen molar-refractivity contribution < 1.29 is 4.79 Å². The van der Waals surface area contributed by atoms with Crippen LogP contribution >= 0.6 is 11.3 Å². The van der Waals surface area contributed by atoms with Crippen LogP contribution in [0.4, 0.5) is 5.69 Å². The van der Waals surface area contributed by atoms with Crippen molar-refractivity contribution in [1.29, 1.82) is 0 Å². The fourth-order valence-corrected chi connectivity index (χ4v) is 4.36. The van der Waals surface area contributed by atoms with Crippen molar-refractivity contribution in [2.24, 2.45) is 0 Å². The quantitative estimate of drug-likeness (QED) is 0.657. The number of aromatic nitrogens is 1. The third kappa shape index (κ3) is 2.76. The van der Waals surface area contributed by atoms with Gasteiger partial charge in [-0.2, -0.15) is 0 Å². The van der Waals surface area contributed by atoms with Crippen molar-refractivity contribution in [2.75, 3.05) is 11.4 Å². The molecule has 0 bridgehead atoms. The lowest BCUT2D eigenvalue weighted by molar-refractivity contribution is 0.0989. The highest BCUT2D eigenvalue weighted by molar-refractivity contribution is 7.11. The maximum absolute atomic E-state index is 13.0. The molecule has 0 atom stereocenters. The van der Waals surface area contributed by atoms with Gasteiger partial charge in [-0.3, -0.25) is 4.79 Å². The van der Waals surface area contributed by atoms with Gasteiger partial charge in [0.25, 0.3) is 5.91 Å². The Morgan fingerprint density at radius 1 is 1.12 bits per heavy atom. The molecule has 0 unspecified atom stereocenters. The molecule has 1 aromatic heterocycles. The molecule has 4 rings (SSSR count). The highest BCUT2D eigenvalue weighted by atomic mass is 32.1. The fraction of sp³-hybridized carbons (Fsp3) is 0.238. The summed E-state index contributed by atoms with van der Waals surface area (Å²) in [5, 5.41) is 1.09. The van der Waals surface area contributed by atoms with Gasteiger partial charge >= 0.3 is 0 Å². The fourth-order valence-electron chi connectivity index (χ4n) is 3.51. The maximum atomic E-state index is 13.0. The number of amides is 1. The minimum atomic E-state index is 0.0882. The normalized spacial score (nSPS) is 13.2. The van der Waals surface area contributed by atoms with E-state index in [1.165, 1.54) is 10.4 Å². The Morgan fingerprint density at radius 3 is 2.64 bits per heavy atom. The molecule has 0 saturated heterocycles. The minimum absolute atomic E-state index is 0.0882. The first-order valence-corrected chi connectivity index (χ1v) is 9.31. The first-order chi connectivity index (χ1) is 12.0. The van der Waals surface area contributed by atoms with Crippen LogP contribution in [0.3, 0.4) is 0 Å². The predicted molar refractivity (Wildman–Crippen MR) is 104 cm³/mol. The number of hydrogen-bond acceptors (Lipinski definition) is 3. The number of carbonyl (C=O) groups excluding carboxylic acids is 1. The molecular weight excluding hydrogens is 328 g/mol. The van der Waals surface area contributed by atoms with Gasteiger partial charge in [-0.1, -0.05) is 24.3 Å². The van der Waals surface area contributed by atoms with Crippen LogP contribution < -0.4 is 4.90 Å². The van der Waals surface area contributed by atoms with E-state index in [1.54, 1.807) is 11.3 Å². The van der Waals surface area contributed by atoms with Gasteiger partial charge in [0.2, 0.25) is 0 Å². The topological polar surface area (TPSA) is 33.2 Å². The molecule has 4 heteroatoms. The lowest BCUT2D eigenvalue weighted by atomic mass is 10.0. The molecule has 3 aromatic rings. The molecule has 1 aliphatic rings. The van der Waals surface area contributed by atoms with Crippen LogP contribution in [0.15, 0.2) is 42.5 Å². The van der Waals surface area contributed by atoms with Crippen LogP contribution in [-0.2, 0) is 6.42 Å². The van der Waals surface area contributed by atoms with Crippen molar-refractivity contribution in [3.05, 3.63) is 69.0 Å². The third-order valence-electron chi connectivity index (χ3n) is 4.77. The molecule has 0 aliphatic carbocycles. The van der Waals surface area contributed by atoms with E-state index in [4.69, 9.17) is 0 Å². The first-order valence-electron chi connectivity index (χ1n) is 8.49. The van der Waals surface area contributed by atoms with Crippen LogP contribution in [0.25, 0.3) is 11.3 Å². The average Bonchev–Trinajstić information content (AvgIpc) is 3.16. The highest BCUT2D eigenvalue weighted by Crippen LogP contribution is 2.35. The van der Waals surface area contributed by atoms with Gasteiger partial charge in [-0.25, -0.2) is 4.98 Å². The Kier molecular flexibility index (Phi) is 3.92. The van der Waals surface area contributed by atoms with Crippen LogP contribution in [0.5, 0.6) is 0 Å². The summed E-state index contributed by atoms with van der Waals surface area (Å²) in [4.78, 5) is 20.8. The van der Waals surface area contributed by atoms with E-state index < -0.39 is 0 Å². The summed E-state index contributed by atoms with van der Waals surface area (Å²) in [6.07, 6.45) is 0.892. The molecule has 2 aromatic carbocycles. The van der Waals surface area contributed by atoms with Crippen molar-refractivity contribution in [3.8, 4) is 11.3 Å². The van der Waals surface area contributed by atoms with Crippen LogP contribution in [0.2, 0.25) is 0 Å². The minimum Gasteiger partial charge on any atom is -0.308 e. The molecule has 2 heterocycles. The molecule has 1 amide bonds. The van der Waals surface area contributed by atoms with Gasteiger partial charge < -0.3 is 4.90 Å². The molecule has 0 N–H and O–H groups in total. The van der Waals surface area contributed by atoms with Gasteiger partial charge in [0.1, 0.15) is 0 Å². The molecule has 0 fully saturated rings. The highest BCUT2D eigenvalue weighted by Gasteiger charge is 2.26. The Morgan fingerprint density at radius 2 is 1.92 bits per heavy atom. The van der Waals surface area contributed by atoms with Gasteiger partial charge in [0.15, 0.2) is 0 Å². The van der Waals surface area contributed by atoms with Crippen molar-refractivity contribution in [3.63, 3.8) is 0 Å². The lowest BCUT2D eigenvalue weighted by Gasteiger charge is -2.18. The molecular formula is C21H20N2OS. The largest absolute Gasteiger partial charge is 0.308 e. The zero-order chi connectivity index (χ0) is 17.6. The SMILES string of the molecule is Cc1nc(-c2ccc3c(c2)CCN3C(=O)c2ccccc2C)c(C)s1. The zero-order valence-electron chi connectivity index (χ0n) is 14.7. The van der Waals surface area contributed by atoms with E-state index in [2.05, 4.69) is 30.1 Å². The number of anilines is 1. The number of carbonyl (C=O) groups is 1. The Bertz CT molecular complexity index is 974. The third-order valence-corrected chi connectivity index (χ3v) is 5.66. The maximum Gasteiger partial charge on any atom is 0.258 e. The second-order valence-corrected chi connectivity index (χ2v) is 7.91. The first kappa shape index (κ1) is 16.0. The number of rotatable bonds is 2. The zero-order valence-corrected chi connectivity index (χ0v) is 15.5. The van der Waals surface area contributed by atoms with Crippen LogP contribution in [0, 0.1) is 20.8 Å². The second kappa shape index (κ2) is 6.12. The second-order valence-electron chi connectivity index (χ2n) is 6.50. The lowest BCUT2D eigenvalue weighted by Crippen LogP contribution is -2.29. The summed E-state index contributed by atoms with van der Waals surface area (Å²) in [7, 11) is 0. The Hall–Kier alpha value is -2.46. The summed E-state index contributed by atoms with van der Waals surface area (Å²) in [5.41, 5.74) is 6.27. The molecule has 126 valence electrons. The van der Waals surface area contributed by atoms with E-state index in [9.17, 15) is 4.79 Å². The molecule has 25 heavy (non-hydrogen) atoms. The molecule has 0 saturated carbocycles. The summed E-state index contributed by atoms with van der Waals surface area (Å²) < 4.78 is 0. The number of fused-ring (bicyclic) bond motifs is 1. The van der Waals surface area contributed by atoms with Crippen molar-refractivity contribution in [1.82, 2.24) is 4.98 Å². The van der Waals surface area contributed by atoms with E-state index >= 15 is 0 Å². The summed E-state index contributed by atoms with van der Waals surface area (Å²) in [5.74, 6) is 0.0882. The van der Waals surface area contributed by atoms with E-state index in [1.807, 2.05) is 43.0 Å². The van der Waals surface area contributed by atoms with Gasteiger partial charge in [-0.15, -0.1) is 11.3 Å². The summed E-state index contributed by atoms with van der Waals surface area (Å²) >= 11 is 1.73. The van der Waals surface area contributed by atoms with Crippen molar-refractivity contribution in [2.45, 2.75) is 27.2 Å². The van der Waals surface area contributed by atoms with Gasteiger partial charge in [-0.05, 0) is 56.5 Å².